The van der Waals surface area contributed by atoms with Gasteiger partial charge in [-0.15, -0.1) is 11.3 Å². The van der Waals surface area contributed by atoms with Crippen LogP contribution < -0.4 is 10.1 Å². The Morgan fingerprint density at radius 1 is 1.43 bits per heavy atom. The van der Waals surface area contributed by atoms with Gasteiger partial charge in [-0.25, -0.2) is 4.98 Å². The van der Waals surface area contributed by atoms with Gasteiger partial charge in [0, 0.05) is 42.1 Å². The highest BCUT2D eigenvalue weighted by atomic mass is 32.1. The first-order valence-electron chi connectivity index (χ1n) is 7.46. The van der Waals surface area contributed by atoms with Gasteiger partial charge in [-0.3, -0.25) is 0 Å². The van der Waals surface area contributed by atoms with Crippen molar-refractivity contribution in [3.05, 3.63) is 46.4 Å². The molecule has 0 bridgehead atoms. The molecule has 1 aromatic carbocycles. The van der Waals surface area contributed by atoms with Gasteiger partial charge in [0.25, 0.3) is 0 Å². The molecule has 4 heteroatoms. The standard InChI is InChI=1S/C17H22N2OS/c1-12(16-18-8-9-21-16)11-19-14-10-17(2,3)20-15-7-5-4-6-13(14)15/h4-9,12,14,19H,10-11H2,1-3H3. The molecule has 3 nitrogen and oxygen atoms in total. The molecule has 112 valence electrons. The molecule has 1 aliphatic rings. The summed E-state index contributed by atoms with van der Waals surface area (Å²) in [6.07, 6.45) is 2.86. The van der Waals surface area contributed by atoms with E-state index >= 15 is 0 Å². The molecule has 0 saturated heterocycles. The van der Waals surface area contributed by atoms with E-state index in [0.29, 0.717) is 12.0 Å². The molecule has 0 spiro atoms. The minimum atomic E-state index is -0.129. The number of nitrogens with zero attached hydrogens (tertiary/aromatic N) is 1. The summed E-state index contributed by atoms with van der Waals surface area (Å²) in [7, 11) is 0. The summed E-state index contributed by atoms with van der Waals surface area (Å²) in [4.78, 5) is 4.41. The maximum absolute atomic E-state index is 6.08. The summed E-state index contributed by atoms with van der Waals surface area (Å²) in [6, 6.07) is 8.69. The Balaban J connectivity index is 1.73. The van der Waals surface area contributed by atoms with Crippen molar-refractivity contribution in [1.29, 1.82) is 0 Å². The monoisotopic (exact) mass is 302 g/mol. The Morgan fingerprint density at radius 3 is 3.00 bits per heavy atom. The highest BCUT2D eigenvalue weighted by molar-refractivity contribution is 7.09. The number of hydrogen-bond acceptors (Lipinski definition) is 4. The van der Waals surface area contributed by atoms with Gasteiger partial charge in [-0.1, -0.05) is 25.1 Å². The molecule has 0 radical (unpaired) electrons. The Hall–Kier alpha value is -1.39. The summed E-state index contributed by atoms with van der Waals surface area (Å²) in [5, 5.41) is 6.94. The van der Waals surface area contributed by atoms with Crippen molar-refractivity contribution in [1.82, 2.24) is 10.3 Å². The van der Waals surface area contributed by atoms with E-state index in [1.165, 1.54) is 10.6 Å². The van der Waals surface area contributed by atoms with Crippen LogP contribution in [0, 0.1) is 0 Å². The Bertz CT molecular complexity index is 595. The molecular weight excluding hydrogens is 280 g/mol. The van der Waals surface area contributed by atoms with Crippen molar-refractivity contribution in [2.45, 2.75) is 44.8 Å². The van der Waals surface area contributed by atoms with E-state index in [9.17, 15) is 0 Å². The van der Waals surface area contributed by atoms with E-state index in [2.05, 4.69) is 49.3 Å². The van der Waals surface area contributed by atoms with Crippen LogP contribution in [0.2, 0.25) is 0 Å². The molecular formula is C17H22N2OS. The van der Waals surface area contributed by atoms with Crippen LogP contribution in [0.15, 0.2) is 35.8 Å². The topological polar surface area (TPSA) is 34.1 Å². The smallest absolute Gasteiger partial charge is 0.124 e. The van der Waals surface area contributed by atoms with Gasteiger partial charge in [-0.2, -0.15) is 0 Å². The molecule has 2 aromatic rings. The summed E-state index contributed by atoms with van der Waals surface area (Å²) in [5.74, 6) is 1.44. The van der Waals surface area contributed by atoms with E-state index < -0.39 is 0 Å². The van der Waals surface area contributed by atoms with Crippen LogP contribution in [0.25, 0.3) is 0 Å². The molecule has 2 unspecified atom stereocenters. The SMILES string of the molecule is CC(CNC1CC(C)(C)Oc2ccccc21)c1nccs1. The Labute approximate surface area is 130 Å². The molecule has 1 aromatic heterocycles. The molecule has 1 N–H and O–H groups in total. The lowest BCUT2D eigenvalue weighted by Crippen LogP contribution is -2.40. The molecule has 2 atom stereocenters. The van der Waals surface area contributed by atoms with Crippen molar-refractivity contribution >= 4 is 11.3 Å². The van der Waals surface area contributed by atoms with Crippen molar-refractivity contribution < 1.29 is 4.74 Å². The fourth-order valence-electron chi connectivity index (χ4n) is 2.87. The predicted molar refractivity (Wildman–Crippen MR) is 87.0 cm³/mol. The van der Waals surface area contributed by atoms with Gasteiger partial charge in [-0.05, 0) is 19.9 Å². The molecule has 1 aliphatic heterocycles. The third-order valence-electron chi connectivity index (χ3n) is 3.92. The first-order chi connectivity index (χ1) is 10.1. The average molecular weight is 302 g/mol. The van der Waals surface area contributed by atoms with Gasteiger partial charge in [0.05, 0.1) is 5.01 Å². The van der Waals surface area contributed by atoms with E-state index in [1.807, 2.05) is 17.6 Å². The number of fused-ring (bicyclic) bond motifs is 1. The number of hydrogen-bond donors (Lipinski definition) is 1. The molecule has 0 fully saturated rings. The van der Waals surface area contributed by atoms with Gasteiger partial charge >= 0.3 is 0 Å². The molecule has 3 rings (SSSR count). The van der Waals surface area contributed by atoms with Gasteiger partial charge in [0.2, 0.25) is 0 Å². The summed E-state index contributed by atoms with van der Waals surface area (Å²) < 4.78 is 6.08. The largest absolute Gasteiger partial charge is 0.487 e. The molecule has 0 aliphatic carbocycles. The number of ether oxygens (including phenoxy) is 1. The van der Waals surface area contributed by atoms with Gasteiger partial charge in [0.1, 0.15) is 11.4 Å². The van der Waals surface area contributed by atoms with Crippen molar-refractivity contribution in [2.24, 2.45) is 0 Å². The van der Waals surface area contributed by atoms with E-state index in [0.717, 1.165) is 18.7 Å². The molecule has 0 amide bonds. The van der Waals surface area contributed by atoms with E-state index in [4.69, 9.17) is 4.74 Å². The summed E-state index contributed by atoms with van der Waals surface area (Å²) in [6.45, 7) is 7.47. The zero-order valence-corrected chi connectivity index (χ0v) is 13.6. The number of nitrogens with one attached hydrogen (secondary N) is 1. The zero-order valence-electron chi connectivity index (χ0n) is 12.8. The van der Waals surface area contributed by atoms with Crippen LogP contribution in [-0.4, -0.2) is 17.1 Å². The number of aromatic nitrogens is 1. The highest BCUT2D eigenvalue weighted by Gasteiger charge is 2.33. The van der Waals surface area contributed by atoms with Crippen LogP contribution >= 0.6 is 11.3 Å². The second kappa shape index (κ2) is 5.78. The Kier molecular flexibility index (Phi) is 4.00. The van der Waals surface area contributed by atoms with E-state index in [-0.39, 0.29) is 5.60 Å². The third-order valence-corrected chi connectivity index (χ3v) is 4.93. The van der Waals surface area contributed by atoms with E-state index in [1.54, 1.807) is 11.3 Å². The number of rotatable bonds is 4. The quantitative estimate of drug-likeness (QED) is 0.921. The lowest BCUT2D eigenvalue weighted by molar-refractivity contribution is 0.0659. The summed E-state index contributed by atoms with van der Waals surface area (Å²) >= 11 is 1.73. The van der Waals surface area contributed by atoms with Gasteiger partial charge < -0.3 is 10.1 Å². The fourth-order valence-corrected chi connectivity index (χ4v) is 3.57. The zero-order chi connectivity index (χ0) is 14.9. The van der Waals surface area contributed by atoms with Crippen LogP contribution in [0.3, 0.4) is 0 Å². The second-order valence-corrected chi connectivity index (χ2v) is 7.26. The lowest BCUT2D eigenvalue weighted by Gasteiger charge is -2.38. The number of para-hydroxylation sites is 1. The Morgan fingerprint density at radius 2 is 2.24 bits per heavy atom. The minimum Gasteiger partial charge on any atom is -0.487 e. The number of thiazole rings is 1. The van der Waals surface area contributed by atoms with Crippen LogP contribution in [0.1, 0.15) is 49.7 Å². The highest BCUT2D eigenvalue weighted by Crippen LogP contribution is 2.39. The first kappa shape index (κ1) is 14.5. The van der Waals surface area contributed by atoms with Gasteiger partial charge in [0.15, 0.2) is 0 Å². The summed E-state index contributed by atoms with van der Waals surface area (Å²) in [5.41, 5.74) is 1.14. The maximum Gasteiger partial charge on any atom is 0.124 e. The average Bonchev–Trinajstić information content (AvgIpc) is 2.97. The van der Waals surface area contributed by atoms with Crippen molar-refractivity contribution in [3.8, 4) is 5.75 Å². The van der Waals surface area contributed by atoms with Crippen LogP contribution in [0.4, 0.5) is 0 Å². The fraction of sp³-hybridized carbons (Fsp3) is 0.471. The van der Waals surface area contributed by atoms with Crippen LogP contribution in [-0.2, 0) is 0 Å². The van der Waals surface area contributed by atoms with Crippen molar-refractivity contribution in [3.63, 3.8) is 0 Å². The predicted octanol–water partition coefficient (Wildman–Crippen LogP) is 4.14. The van der Waals surface area contributed by atoms with Crippen molar-refractivity contribution in [2.75, 3.05) is 6.54 Å². The number of benzene rings is 1. The van der Waals surface area contributed by atoms with Crippen LogP contribution in [0.5, 0.6) is 5.75 Å². The molecule has 0 saturated carbocycles. The lowest BCUT2D eigenvalue weighted by atomic mass is 9.89. The molecule has 2 heterocycles. The normalized spacial score (nSPS) is 21.4. The maximum atomic E-state index is 6.08. The third kappa shape index (κ3) is 3.27. The first-order valence-corrected chi connectivity index (χ1v) is 8.34. The molecule has 21 heavy (non-hydrogen) atoms. The second-order valence-electron chi connectivity index (χ2n) is 6.34. The minimum absolute atomic E-state index is 0.129.